The Morgan fingerprint density at radius 2 is 2.46 bits per heavy atom. The van der Waals surface area contributed by atoms with Gasteiger partial charge in [0.1, 0.15) is 0 Å². The van der Waals surface area contributed by atoms with Crippen LogP contribution in [0.1, 0.15) is 19.8 Å². The Bertz CT molecular complexity index is 203. The number of rotatable bonds is 2. The maximum Gasteiger partial charge on any atom is 0.336 e. The van der Waals surface area contributed by atoms with E-state index in [1.807, 2.05) is 0 Å². The van der Waals surface area contributed by atoms with Gasteiger partial charge in [0.15, 0.2) is 6.10 Å². The van der Waals surface area contributed by atoms with E-state index in [0.717, 1.165) is 0 Å². The zero-order valence-corrected chi connectivity index (χ0v) is 7.84. The smallest absolute Gasteiger partial charge is 0.336 e. The Morgan fingerprint density at radius 1 is 1.69 bits per heavy atom. The number of hydrogen-bond donors (Lipinski definition) is 1. The van der Waals surface area contributed by atoms with Gasteiger partial charge in [-0.1, -0.05) is 0 Å². The van der Waals surface area contributed by atoms with Crippen LogP contribution in [0.2, 0.25) is 0 Å². The van der Waals surface area contributed by atoms with Crippen molar-refractivity contribution in [2.24, 2.45) is 0 Å². The first-order valence-electron chi connectivity index (χ1n) is 4.79. The fourth-order valence-corrected chi connectivity index (χ4v) is 1.54. The minimum absolute atomic E-state index is 0.211. The molecule has 1 N–H and O–H groups in total. The lowest BCUT2D eigenvalue weighted by atomic mass is 10.2. The average Bonchev–Trinajstić information content (AvgIpc) is 2.87. The number of morpholine rings is 1. The van der Waals surface area contributed by atoms with Crippen LogP contribution < -0.4 is 5.32 Å². The van der Waals surface area contributed by atoms with E-state index < -0.39 is 6.10 Å². The maximum absolute atomic E-state index is 11.2. The fraction of sp³-hybridized carbons (Fsp3) is 0.889. The molecule has 1 unspecified atom stereocenters. The van der Waals surface area contributed by atoms with Crippen LogP contribution in [0, 0.1) is 0 Å². The van der Waals surface area contributed by atoms with Crippen molar-refractivity contribution in [3.05, 3.63) is 0 Å². The summed E-state index contributed by atoms with van der Waals surface area (Å²) in [6.45, 7) is 3.47. The van der Waals surface area contributed by atoms with Crippen LogP contribution in [-0.4, -0.2) is 37.4 Å². The molecule has 2 aliphatic rings. The monoisotopic (exact) mass is 185 g/mol. The second-order valence-electron chi connectivity index (χ2n) is 3.71. The summed E-state index contributed by atoms with van der Waals surface area (Å²) in [5.41, 5.74) is 0.211. The molecule has 4 heteroatoms. The molecule has 4 nitrogen and oxygen atoms in total. The summed E-state index contributed by atoms with van der Waals surface area (Å²) in [5, 5.41) is 3.33. The van der Waals surface area contributed by atoms with Gasteiger partial charge in [0.2, 0.25) is 0 Å². The highest BCUT2D eigenvalue weighted by Gasteiger charge is 2.47. The summed E-state index contributed by atoms with van der Waals surface area (Å²) < 4.78 is 10.3. The highest BCUT2D eigenvalue weighted by atomic mass is 16.6. The van der Waals surface area contributed by atoms with Crippen molar-refractivity contribution in [1.82, 2.24) is 5.32 Å². The number of carbonyl (C=O) groups excluding carboxylic acids is 1. The van der Waals surface area contributed by atoms with Crippen molar-refractivity contribution in [2.45, 2.75) is 31.4 Å². The molecule has 1 aliphatic carbocycles. The second-order valence-corrected chi connectivity index (χ2v) is 3.71. The van der Waals surface area contributed by atoms with Crippen LogP contribution in [0.5, 0.6) is 0 Å². The van der Waals surface area contributed by atoms with Crippen molar-refractivity contribution in [3.8, 4) is 0 Å². The van der Waals surface area contributed by atoms with Crippen molar-refractivity contribution in [2.75, 3.05) is 19.8 Å². The third kappa shape index (κ3) is 1.84. The zero-order valence-electron chi connectivity index (χ0n) is 7.84. The molecular weight excluding hydrogens is 170 g/mol. The molecule has 1 aliphatic heterocycles. The number of esters is 1. The van der Waals surface area contributed by atoms with Gasteiger partial charge in [-0.2, -0.15) is 0 Å². The van der Waals surface area contributed by atoms with E-state index in [1.165, 1.54) is 12.8 Å². The lowest BCUT2D eigenvalue weighted by molar-refractivity contribution is -0.159. The largest absolute Gasteiger partial charge is 0.464 e. The van der Waals surface area contributed by atoms with E-state index >= 15 is 0 Å². The molecule has 13 heavy (non-hydrogen) atoms. The van der Waals surface area contributed by atoms with Crippen molar-refractivity contribution < 1.29 is 14.3 Å². The molecule has 0 radical (unpaired) electrons. The molecule has 1 saturated heterocycles. The standard InChI is InChI=1S/C9H15NO3/c1-2-12-8(11)7-5-10-9(3-4-9)6-13-7/h7,10H,2-6H2,1H3. The van der Waals surface area contributed by atoms with Gasteiger partial charge in [0.05, 0.1) is 13.2 Å². The zero-order chi connectivity index (χ0) is 9.31. The van der Waals surface area contributed by atoms with Crippen LogP contribution in [-0.2, 0) is 14.3 Å². The average molecular weight is 185 g/mol. The van der Waals surface area contributed by atoms with Crippen molar-refractivity contribution >= 4 is 5.97 Å². The molecule has 1 heterocycles. The minimum atomic E-state index is -0.397. The van der Waals surface area contributed by atoms with Crippen LogP contribution in [0.4, 0.5) is 0 Å². The molecule has 0 bridgehead atoms. The van der Waals surface area contributed by atoms with Gasteiger partial charge in [0.25, 0.3) is 0 Å². The van der Waals surface area contributed by atoms with Crippen LogP contribution in [0.15, 0.2) is 0 Å². The summed E-state index contributed by atoms with van der Waals surface area (Å²) in [4.78, 5) is 11.2. The van der Waals surface area contributed by atoms with E-state index in [0.29, 0.717) is 19.8 Å². The van der Waals surface area contributed by atoms with Gasteiger partial charge in [0, 0.05) is 12.1 Å². The Labute approximate surface area is 77.6 Å². The Hall–Kier alpha value is -0.610. The highest BCUT2D eigenvalue weighted by Crippen LogP contribution is 2.37. The number of ether oxygens (including phenoxy) is 2. The van der Waals surface area contributed by atoms with Gasteiger partial charge < -0.3 is 14.8 Å². The Kier molecular flexibility index (Phi) is 2.26. The first kappa shape index (κ1) is 8.97. The van der Waals surface area contributed by atoms with Gasteiger partial charge in [-0.25, -0.2) is 4.79 Å². The molecular formula is C9H15NO3. The summed E-state index contributed by atoms with van der Waals surface area (Å²) in [6.07, 6.45) is 1.94. The molecule has 2 fully saturated rings. The third-order valence-electron chi connectivity index (χ3n) is 2.63. The first-order chi connectivity index (χ1) is 6.26. The lowest BCUT2D eigenvalue weighted by Crippen LogP contribution is -2.51. The SMILES string of the molecule is CCOC(=O)C1CNC2(CC2)CO1. The van der Waals surface area contributed by atoms with Gasteiger partial charge in [-0.15, -0.1) is 0 Å². The predicted octanol–water partition coefficient (Wildman–Crippen LogP) is 0.0705. The molecule has 2 rings (SSSR count). The van der Waals surface area contributed by atoms with Gasteiger partial charge in [-0.3, -0.25) is 0 Å². The van der Waals surface area contributed by atoms with Crippen LogP contribution in [0.25, 0.3) is 0 Å². The van der Waals surface area contributed by atoms with E-state index in [9.17, 15) is 4.79 Å². The predicted molar refractivity (Wildman–Crippen MR) is 46.3 cm³/mol. The topological polar surface area (TPSA) is 47.6 Å². The van der Waals surface area contributed by atoms with E-state index in [1.54, 1.807) is 6.92 Å². The van der Waals surface area contributed by atoms with Gasteiger partial charge >= 0.3 is 5.97 Å². The molecule has 0 aromatic heterocycles. The molecule has 1 atom stereocenters. The van der Waals surface area contributed by atoms with E-state index in [2.05, 4.69) is 5.32 Å². The lowest BCUT2D eigenvalue weighted by Gasteiger charge is -2.28. The second kappa shape index (κ2) is 3.27. The molecule has 74 valence electrons. The Balaban J connectivity index is 1.80. The normalized spacial score (nSPS) is 30.1. The highest BCUT2D eigenvalue weighted by molar-refractivity contribution is 5.75. The van der Waals surface area contributed by atoms with Crippen molar-refractivity contribution in [1.29, 1.82) is 0 Å². The number of nitrogens with one attached hydrogen (secondary N) is 1. The quantitative estimate of drug-likeness (QED) is 0.618. The molecule has 1 saturated carbocycles. The van der Waals surface area contributed by atoms with Gasteiger partial charge in [-0.05, 0) is 19.8 Å². The maximum atomic E-state index is 11.2. The van der Waals surface area contributed by atoms with E-state index in [4.69, 9.17) is 9.47 Å². The Morgan fingerprint density at radius 3 is 2.92 bits per heavy atom. The summed E-state index contributed by atoms with van der Waals surface area (Å²) in [6, 6.07) is 0. The van der Waals surface area contributed by atoms with Crippen LogP contribution in [0.3, 0.4) is 0 Å². The number of hydrogen-bond acceptors (Lipinski definition) is 4. The number of carbonyl (C=O) groups is 1. The summed E-state index contributed by atoms with van der Waals surface area (Å²) in [5.74, 6) is -0.245. The first-order valence-corrected chi connectivity index (χ1v) is 4.79. The molecule has 1 spiro atoms. The van der Waals surface area contributed by atoms with Crippen molar-refractivity contribution in [3.63, 3.8) is 0 Å². The molecule has 0 aromatic rings. The fourth-order valence-electron chi connectivity index (χ4n) is 1.54. The third-order valence-corrected chi connectivity index (χ3v) is 2.63. The minimum Gasteiger partial charge on any atom is -0.464 e. The summed E-state index contributed by atoms with van der Waals surface area (Å²) in [7, 11) is 0. The molecule has 0 aromatic carbocycles. The summed E-state index contributed by atoms with van der Waals surface area (Å²) >= 11 is 0. The van der Waals surface area contributed by atoms with E-state index in [-0.39, 0.29) is 11.5 Å². The van der Waals surface area contributed by atoms with Crippen LogP contribution >= 0.6 is 0 Å². The molecule has 0 amide bonds.